The highest BCUT2D eigenvalue weighted by Crippen LogP contribution is 2.13. The van der Waals surface area contributed by atoms with Gasteiger partial charge in [0.25, 0.3) is 0 Å². The van der Waals surface area contributed by atoms with Crippen LogP contribution in [0.5, 0.6) is 0 Å². The number of carbonyl (C=O) groups excluding carboxylic acids is 1. The normalized spacial score (nSPS) is 17.8. The summed E-state index contributed by atoms with van der Waals surface area (Å²) in [4.78, 5) is 13.8. The second-order valence-electron chi connectivity index (χ2n) is 4.88. The number of hydrogen-bond acceptors (Lipinski definition) is 4. The van der Waals surface area contributed by atoms with E-state index in [0.717, 1.165) is 24.3 Å². The Morgan fingerprint density at radius 1 is 1.52 bits per heavy atom. The maximum absolute atomic E-state index is 12.1. The van der Waals surface area contributed by atoms with Gasteiger partial charge >= 0.3 is 0 Å². The molecule has 1 atom stereocenters. The first kappa shape index (κ1) is 15.2. The molecule has 6 nitrogen and oxygen atoms in total. The van der Waals surface area contributed by atoms with E-state index in [0.29, 0.717) is 13.1 Å². The maximum atomic E-state index is 12.1. The fourth-order valence-corrected chi connectivity index (χ4v) is 2.19. The van der Waals surface area contributed by atoms with Gasteiger partial charge in [-0.1, -0.05) is 18.7 Å². The second-order valence-corrected chi connectivity index (χ2v) is 4.88. The van der Waals surface area contributed by atoms with Crippen molar-refractivity contribution in [2.75, 3.05) is 25.0 Å². The zero-order valence-electron chi connectivity index (χ0n) is 11.9. The molecule has 1 heterocycles. The van der Waals surface area contributed by atoms with Crippen molar-refractivity contribution in [3.63, 3.8) is 0 Å². The molecular weight excluding hydrogens is 266 g/mol. The summed E-state index contributed by atoms with van der Waals surface area (Å²) in [5.74, 6) is -0.0352. The predicted octanol–water partition coefficient (Wildman–Crippen LogP) is 0.739. The Morgan fingerprint density at radius 3 is 3.05 bits per heavy atom. The third-order valence-corrected chi connectivity index (χ3v) is 3.32. The Bertz CT molecular complexity index is 503. The average Bonchev–Trinajstić information content (AvgIpc) is 2.53. The Balaban J connectivity index is 1.98. The molecule has 1 aliphatic rings. The van der Waals surface area contributed by atoms with E-state index in [1.807, 2.05) is 24.3 Å². The van der Waals surface area contributed by atoms with Crippen molar-refractivity contribution in [3.8, 4) is 0 Å². The van der Waals surface area contributed by atoms with Crippen LogP contribution < -0.4 is 16.0 Å². The van der Waals surface area contributed by atoms with Crippen LogP contribution in [0.15, 0.2) is 37.0 Å². The fraction of sp³-hybridized carbons (Fsp3) is 0.333. The summed E-state index contributed by atoms with van der Waals surface area (Å²) in [7, 11) is 0. The number of nitrogens with zero attached hydrogens (tertiary/aromatic N) is 1. The quantitative estimate of drug-likeness (QED) is 0.459. The van der Waals surface area contributed by atoms with Gasteiger partial charge in [-0.25, -0.2) is 0 Å². The molecule has 0 bridgehead atoms. The van der Waals surface area contributed by atoms with Crippen molar-refractivity contribution in [1.29, 1.82) is 5.41 Å². The first-order chi connectivity index (χ1) is 10.2. The van der Waals surface area contributed by atoms with Gasteiger partial charge in [0.2, 0.25) is 5.91 Å². The molecule has 0 radical (unpaired) electrons. The summed E-state index contributed by atoms with van der Waals surface area (Å²) in [6.45, 7) is 6.53. The Hall–Kier alpha value is -2.18. The number of amides is 1. The molecule has 1 fully saturated rings. The maximum Gasteiger partial charge on any atom is 0.242 e. The lowest BCUT2D eigenvalue weighted by Gasteiger charge is -2.23. The van der Waals surface area contributed by atoms with Gasteiger partial charge < -0.3 is 20.9 Å². The number of nitrogens with one attached hydrogen (secondary N) is 4. The van der Waals surface area contributed by atoms with Crippen LogP contribution in [0.1, 0.15) is 5.56 Å². The zero-order chi connectivity index (χ0) is 15.1. The van der Waals surface area contributed by atoms with E-state index >= 15 is 0 Å². The molecule has 1 aliphatic heterocycles. The van der Waals surface area contributed by atoms with Gasteiger partial charge in [-0.2, -0.15) is 0 Å². The van der Waals surface area contributed by atoms with Crippen LogP contribution in [-0.2, 0) is 11.3 Å². The molecule has 1 saturated heterocycles. The minimum atomic E-state index is -0.200. The SMILES string of the molecule is C=CN(C=N)Cc1cccc(NC(=O)[C@@H]2CNCCN2)c1. The number of benzene rings is 1. The lowest BCUT2D eigenvalue weighted by molar-refractivity contribution is -0.118. The Kier molecular flexibility index (Phi) is 5.48. The topological polar surface area (TPSA) is 80.2 Å². The smallest absolute Gasteiger partial charge is 0.242 e. The molecule has 4 N–H and O–H groups in total. The molecular formula is C15H21N5O. The first-order valence-corrected chi connectivity index (χ1v) is 6.95. The molecule has 0 saturated carbocycles. The van der Waals surface area contributed by atoms with Crippen molar-refractivity contribution in [1.82, 2.24) is 15.5 Å². The van der Waals surface area contributed by atoms with Crippen LogP contribution in [-0.4, -0.2) is 42.8 Å². The minimum Gasteiger partial charge on any atom is -0.336 e. The van der Waals surface area contributed by atoms with E-state index in [4.69, 9.17) is 5.41 Å². The second kappa shape index (κ2) is 7.56. The van der Waals surface area contributed by atoms with Gasteiger partial charge in [-0.15, -0.1) is 0 Å². The van der Waals surface area contributed by atoms with E-state index < -0.39 is 0 Å². The Labute approximate surface area is 124 Å². The summed E-state index contributed by atoms with van der Waals surface area (Å²) in [5.41, 5.74) is 1.77. The van der Waals surface area contributed by atoms with Crippen molar-refractivity contribution in [2.45, 2.75) is 12.6 Å². The molecule has 0 spiro atoms. The third-order valence-electron chi connectivity index (χ3n) is 3.32. The van der Waals surface area contributed by atoms with Gasteiger partial charge in [-0.05, 0) is 23.9 Å². The van der Waals surface area contributed by atoms with Crippen LogP contribution in [0.3, 0.4) is 0 Å². The molecule has 2 rings (SSSR count). The van der Waals surface area contributed by atoms with Gasteiger partial charge in [0.05, 0.1) is 12.4 Å². The summed E-state index contributed by atoms with van der Waals surface area (Å²) in [6, 6.07) is 7.42. The molecule has 6 heteroatoms. The van der Waals surface area contributed by atoms with E-state index in [-0.39, 0.29) is 11.9 Å². The highest BCUT2D eigenvalue weighted by molar-refractivity contribution is 5.95. The molecule has 0 unspecified atom stereocenters. The summed E-state index contributed by atoms with van der Waals surface area (Å²) < 4.78 is 0. The van der Waals surface area contributed by atoms with E-state index in [1.54, 1.807) is 11.1 Å². The lowest BCUT2D eigenvalue weighted by Crippen LogP contribution is -2.54. The summed E-state index contributed by atoms with van der Waals surface area (Å²) in [6.07, 6.45) is 2.81. The largest absolute Gasteiger partial charge is 0.336 e. The lowest BCUT2D eigenvalue weighted by atomic mass is 10.1. The summed E-state index contributed by atoms with van der Waals surface area (Å²) >= 11 is 0. The molecule has 1 aromatic rings. The van der Waals surface area contributed by atoms with Gasteiger partial charge in [-0.3, -0.25) is 10.2 Å². The van der Waals surface area contributed by atoms with Gasteiger partial charge in [0.15, 0.2) is 0 Å². The van der Waals surface area contributed by atoms with Crippen molar-refractivity contribution in [3.05, 3.63) is 42.6 Å². The summed E-state index contributed by atoms with van der Waals surface area (Å²) in [5, 5.41) is 16.5. The predicted molar refractivity (Wildman–Crippen MR) is 84.3 cm³/mol. The molecule has 1 amide bonds. The van der Waals surface area contributed by atoms with E-state index in [1.165, 1.54) is 6.34 Å². The van der Waals surface area contributed by atoms with Gasteiger partial charge in [0.1, 0.15) is 0 Å². The fourth-order valence-electron chi connectivity index (χ4n) is 2.19. The number of hydrogen-bond donors (Lipinski definition) is 4. The number of carbonyl (C=O) groups is 1. The molecule has 112 valence electrons. The van der Waals surface area contributed by atoms with Crippen molar-refractivity contribution >= 4 is 17.9 Å². The van der Waals surface area contributed by atoms with E-state index in [9.17, 15) is 4.79 Å². The molecule has 0 aliphatic carbocycles. The first-order valence-electron chi connectivity index (χ1n) is 6.95. The van der Waals surface area contributed by atoms with E-state index in [2.05, 4.69) is 22.5 Å². The molecule has 1 aromatic carbocycles. The average molecular weight is 287 g/mol. The van der Waals surface area contributed by atoms with Crippen LogP contribution >= 0.6 is 0 Å². The zero-order valence-corrected chi connectivity index (χ0v) is 11.9. The van der Waals surface area contributed by atoms with Crippen LogP contribution in [0.2, 0.25) is 0 Å². The minimum absolute atomic E-state index is 0.0352. The number of anilines is 1. The van der Waals surface area contributed by atoms with Crippen LogP contribution in [0.4, 0.5) is 5.69 Å². The highest BCUT2D eigenvalue weighted by Gasteiger charge is 2.20. The molecule has 0 aromatic heterocycles. The molecule has 21 heavy (non-hydrogen) atoms. The van der Waals surface area contributed by atoms with Crippen LogP contribution in [0, 0.1) is 5.41 Å². The third kappa shape index (κ3) is 4.40. The van der Waals surface area contributed by atoms with Crippen molar-refractivity contribution < 1.29 is 4.79 Å². The van der Waals surface area contributed by atoms with Gasteiger partial charge in [0, 0.05) is 31.9 Å². The number of rotatable bonds is 6. The standard InChI is InChI=1S/C15H21N5O/c1-2-20(11-16)10-12-4-3-5-13(8-12)19-15(21)14-9-17-6-7-18-14/h2-5,8,11,14,16-18H,1,6-7,9-10H2,(H,19,21)/t14-/m0/s1. The van der Waals surface area contributed by atoms with Crippen molar-refractivity contribution in [2.24, 2.45) is 0 Å². The number of piperazine rings is 1. The monoisotopic (exact) mass is 287 g/mol. The Morgan fingerprint density at radius 2 is 2.38 bits per heavy atom. The highest BCUT2D eigenvalue weighted by atomic mass is 16.2. The van der Waals surface area contributed by atoms with Crippen LogP contribution in [0.25, 0.3) is 0 Å².